The molecule has 0 aliphatic heterocycles. The Kier molecular flexibility index (Phi) is 5.13. The van der Waals surface area contributed by atoms with Crippen molar-refractivity contribution in [3.05, 3.63) is 29.8 Å². The van der Waals surface area contributed by atoms with E-state index in [1.54, 1.807) is 0 Å². The van der Waals surface area contributed by atoms with E-state index >= 15 is 0 Å². The van der Waals surface area contributed by atoms with Crippen LogP contribution in [0.4, 0.5) is 0 Å². The molecule has 1 unspecified atom stereocenters. The number of benzene rings is 1. The molecule has 21 heavy (non-hydrogen) atoms. The summed E-state index contributed by atoms with van der Waals surface area (Å²) in [6.07, 6.45) is 12.0. The Bertz CT molecular complexity index is 441. The van der Waals surface area contributed by atoms with Crippen LogP contribution in [0.2, 0.25) is 0 Å². The van der Waals surface area contributed by atoms with E-state index in [0.29, 0.717) is 3.92 Å². The normalized spacial score (nSPS) is 23.3. The van der Waals surface area contributed by atoms with Crippen molar-refractivity contribution >= 4 is 22.6 Å². The third kappa shape index (κ3) is 3.40. The van der Waals surface area contributed by atoms with Gasteiger partial charge in [0.25, 0.3) is 0 Å². The number of halogens is 1. The lowest BCUT2D eigenvalue weighted by molar-refractivity contribution is 0.0164. The van der Waals surface area contributed by atoms with Crippen molar-refractivity contribution < 1.29 is 4.74 Å². The first-order valence-corrected chi connectivity index (χ1v) is 9.91. The predicted octanol–water partition coefficient (Wildman–Crippen LogP) is 6.45. The van der Waals surface area contributed by atoms with Gasteiger partial charge in [-0.3, -0.25) is 0 Å². The van der Waals surface area contributed by atoms with Crippen LogP contribution in [0.1, 0.15) is 74.2 Å². The highest BCUT2D eigenvalue weighted by molar-refractivity contribution is 14.1. The Morgan fingerprint density at radius 1 is 1.10 bits per heavy atom. The monoisotopic (exact) mass is 398 g/mol. The summed E-state index contributed by atoms with van der Waals surface area (Å²) in [5.74, 6) is 1.89. The SMILES string of the molecule is CCC(I)c1ccc(OC2(C3CCCC3)CCCC2)cc1. The molecule has 0 heterocycles. The van der Waals surface area contributed by atoms with Crippen LogP contribution in [0, 0.1) is 5.92 Å². The van der Waals surface area contributed by atoms with Crippen molar-refractivity contribution in [1.29, 1.82) is 0 Å². The molecule has 2 saturated carbocycles. The summed E-state index contributed by atoms with van der Waals surface area (Å²) >= 11 is 2.53. The standard InChI is InChI=1S/C19H27IO/c1-2-18(20)15-9-11-17(12-10-15)21-19(13-5-6-14-19)16-7-3-4-8-16/h9-12,16,18H,2-8,13-14H2,1H3. The molecule has 0 bridgehead atoms. The zero-order chi connectivity index (χ0) is 14.7. The molecule has 2 aliphatic carbocycles. The highest BCUT2D eigenvalue weighted by Gasteiger charge is 2.44. The van der Waals surface area contributed by atoms with E-state index in [1.807, 2.05) is 0 Å². The fourth-order valence-electron chi connectivity index (χ4n) is 4.23. The van der Waals surface area contributed by atoms with Crippen molar-refractivity contribution in [1.82, 2.24) is 0 Å². The lowest BCUT2D eigenvalue weighted by Crippen LogP contribution is -2.40. The number of hydrogen-bond acceptors (Lipinski definition) is 1. The highest BCUT2D eigenvalue weighted by Crippen LogP contribution is 2.46. The van der Waals surface area contributed by atoms with Gasteiger partial charge in [-0.05, 0) is 68.6 Å². The minimum atomic E-state index is 0.159. The molecule has 2 heteroatoms. The van der Waals surface area contributed by atoms with Gasteiger partial charge in [-0.15, -0.1) is 0 Å². The summed E-state index contributed by atoms with van der Waals surface area (Å²) < 4.78 is 7.23. The first-order valence-electron chi connectivity index (χ1n) is 8.66. The Balaban J connectivity index is 1.74. The minimum absolute atomic E-state index is 0.159. The van der Waals surface area contributed by atoms with Crippen LogP contribution in [0.15, 0.2) is 24.3 Å². The molecule has 3 rings (SSSR count). The molecule has 1 atom stereocenters. The zero-order valence-corrected chi connectivity index (χ0v) is 15.3. The first kappa shape index (κ1) is 15.6. The molecule has 1 aromatic carbocycles. The summed E-state index contributed by atoms with van der Waals surface area (Å²) in [5.41, 5.74) is 1.58. The topological polar surface area (TPSA) is 9.23 Å². The van der Waals surface area contributed by atoms with Crippen molar-refractivity contribution in [2.45, 2.75) is 74.2 Å². The second kappa shape index (κ2) is 6.89. The number of alkyl halides is 1. The third-order valence-electron chi connectivity index (χ3n) is 5.47. The molecular weight excluding hydrogens is 371 g/mol. The molecule has 0 radical (unpaired) electrons. The van der Waals surface area contributed by atoms with Gasteiger partial charge in [0.05, 0.1) is 0 Å². The van der Waals surface area contributed by atoms with E-state index in [0.717, 1.165) is 11.7 Å². The van der Waals surface area contributed by atoms with Gasteiger partial charge in [0.1, 0.15) is 11.4 Å². The molecular formula is C19H27IO. The van der Waals surface area contributed by atoms with E-state index in [1.165, 1.54) is 63.4 Å². The smallest absolute Gasteiger partial charge is 0.120 e. The van der Waals surface area contributed by atoms with Crippen LogP contribution in [0.25, 0.3) is 0 Å². The van der Waals surface area contributed by atoms with Gasteiger partial charge in [0, 0.05) is 3.92 Å². The van der Waals surface area contributed by atoms with Crippen LogP contribution in [-0.2, 0) is 0 Å². The Morgan fingerprint density at radius 3 is 2.29 bits per heavy atom. The lowest BCUT2D eigenvalue weighted by Gasteiger charge is -2.36. The predicted molar refractivity (Wildman–Crippen MR) is 97.3 cm³/mol. The zero-order valence-electron chi connectivity index (χ0n) is 13.1. The average Bonchev–Trinajstić information content (AvgIpc) is 3.19. The number of rotatable bonds is 5. The molecule has 1 aromatic rings. The minimum Gasteiger partial charge on any atom is -0.487 e. The summed E-state index contributed by atoms with van der Waals surface area (Å²) in [7, 11) is 0. The van der Waals surface area contributed by atoms with Crippen LogP contribution in [0.5, 0.6) is 5.75 Å². The van der Waals surface area contributed by atoms with Crippen LogP contribution >= 0.6 is 22.6 Å². The maximum Gasteiger partial charge on any atom is 0.120 e. The van der Waals surface area contributed by atoms with Gasteiger partial charge in [-0.1, -0.05) is 54.5 Å². The lowest BCUT2D eigenvalue weighted by atomic mass is 9.84. The molecule has 0 aromatic heterocycles. The van der Waals surface area contributed by atoms with Crippen LogP contribution in [0.3, 0.4) is 0 Å². The van der Waals surface area contributed by atoms with E-state index in [2.05, 4.69) is 53.8 Å². The van der Waals surface area contributed by atoms with Gasteiger partial charge < -0.3 is 4.74 Å². The molecule has 0 N–H and O–H groups in total. The summed E-state index contributed by atoms with van der Waals surface area (Å²) in [6, 6.07) is 8.91. The highest BCUT2D eigenvalue weighted by atomic mass is 127. The molecule has 0 amide bonds. The van der Waals surface area contributed by atoms with Crippen molar-refractivity contribution in [2.75, 3.05) is 0 Å². The fourth-order valence-corrected chi connectivity index (χ4v) is 4.65. The van der Waals surface area contributed by atoms with Crippen LogP contribution < -0.4 is 4.74 Å². The summed E-state index contributed by atoms with van der Waals surface area (Å²) in [5, 5.41) is 0. The molecule has 2 fully saturated rings. The first-order chi connectivity index (χ1) is 10.2. The second-order valence-corrected chi connectivity index (χ2v) is 8.30. The summed E-state index contributed by atoms with van der Waals surface area (Å²) in [4.78, 5) is 0. The average molecular weight is 398 g/mol. The molecule has 2 aliphatic rings. The molecule has 1 nitrogen and oxygen atoms in total. The van der Waals surface area contributed by atoms with Crippen molar-refractivity contribution in [3.63, 3.8) is 0 Å². The molecule has 116 valence electrons. The third-order valence-corrected chi connectivity index (χ3v) is 7.07. The Morgan fingerprint density at radius 2 is 1.71 bits per heavy atom. The number of hydrogen-bond donors (Lipinski definition) is 0. The molecule has 0 saturated heterocycles. The Labute approximate surface area is 143 Å². The summed E-state index contributed by atoms with van der Waals surface area (Å²) in [6.45, 7) is 2.25. The number of ether oxygens (including phenoxy) is 1. The van der Waals surface area contributed by atoms with E-state index < -0.39 is 0 Å². The quantitative estimate of drug-likeness (QED) is 0.409. The van der Waals surface area contributed by atoms with E-state index in [4.69, 9.17) is 4.74 Å². The van der Waals surface area contributed by atoms with Gasteiger partial charge in [-0.2, -0.15) is 0 Å². The van der Waals surface area contributed by atoms with Gasteiger partial charge in [0.2, 0.25) is 0 Å². The maximum absolute atomic E-state index is 6.61. The maximum atomic E-state index is 6.61. The van der Waals surface area contributed by atoms with Gasteiger partial charge in [0.15, 0.2) is 0 Å². The second-order valence-electron chi connectivity index (χ2n) is 6.80. The Hall–Kier alpha value is -0.250. The van der Waals surface area contributed by atoms with E-state index in [-0.39, 0.29) is 5.60 Å². The fraction of sp³-hybridized carbons (Fsp3) is 0.684. The van der Waals surface area contributed by atoms with Crippen molar-refractivity contribution in [3.8, 4) is 5.75 Å². The van der Waals surface area contributed by atoms with E-state index in [9.17, 15) is 0 Å². The largest absolute Gasteiger partial charge is 0.487 e. The van der Waals surface area contributed by atoms with Gasteiger partial charge in [-0.25, -0.2) is 0 Å². The van der Waals surface area contributed by atoms with Crippen molar-refractivity contribution in [2.24, 2.45) is 5.92 Å². The molecule has 0 spiro atoms. The van der Waals surface area contributed by atoms with Crippen LogP contribution in [-0.4, -0.2) is 5.60 Å². The van der Waals surface area contributed by atoms with Gasteiger partial charge >= 0.3 is 0 Å².